The lowest BCUT2D eigenvalue weighted by atomic mass is 9.98. The number of aromatic nitrogens is 2. The average molecular weight is 477 g/mol. The first-order valence-corrected chi connectivity index (χ1v) is 12.6. The Labute approximate surface area is 190 Å². The standard InChI is InChI=1S/C21H24N4O5S2/c1-3-29-18-9-5-4-8-17(18)23-21(26)15-7-6-10-25(12-15)32(27,28)19-11-16(13-31-19)20-22-14(2)30-24-20/h4-5,8-9,11,13,15H,3,6-7,10,12H2,1-2H3,(H,23,26)/t15-/m1/s1. The molecule has 2 aromatic heterocycles. The van der Waals surface area contributed by atoms with E-state index in [2.05, 4.69) is 15.5 Å². The van der Waals surface area contributed by atoms with Crippen molar-refractivity contribution in [2.75, 3.05) is 25.0 Å². The van der Waals surface area contributed by atoms with Crippen LogP contribution in [-0.2, 0) is 14.8 Å². The van der Waals surface area contributed by atoms with Gasteiger partial charge in [0.1, 0.15) is 9.96 Å². The van der Waals surface area contributed by atoms with Gasteiger partial charge in [-0.2, -0.15) is 9.29 Å². The minimum absolute atomic E-state index is 0.125. The van der Waals surface area contributed by atoms with E-state index >= 15 is 0 Å². The van der Waals surface area contributed by atoms with Gasteiger partial charge in [-0.3, -0.25) is 4.79 Å². The summed E-state index contributed by atoms with van der Waals surface area (Å²) >= 11 is 1.11. The van der Waals surface area contributed by atoms with Gasteiger partial charge in [0, 0.05) is 31.0 Å². The Bertz CT molecular complexity index is 1200. The second-order valence-corrected chi connectivity index (χ2v) is 10.5. The third-order valence-corrected chi connectivity index (χ3v) is 8.44. The van der Waals surface area contributed by atoms with E-state index in [1.165, 1.54) is 4.31 Å². The van der Waals surface area contributed by atoms with Gasteiger partial charge in [0.25, 0.3) is 10.0 Å². The van der Waals surface area contributed by atoms with E-state index in [0.717, 1.165) is 11.3 Å². The van der Waals surface area contributed by atoms with Crippen molar-refractivity contribution in [3.05, 3.63) is 41.6 Å². The number of para-hydroxylation sites is 2. The zero-order chi connectivity index (χ0) is 22.7. The molecule has 170 valence electrons. The van der Waals surface area contributed by atoms with Crippen molar-refractivity contribution < 1.29 is 22.5 Å². The van der Waals surface area contributed by atoms with Gasteiger partial charge in [-0.1, -0.05) is 17.3 Å². The Hall–Kier alpha value is -2.76. The summed E-state index contributed by atoms with van der Waals surface area (Å²) < 4.78 is 38.6. The molecule has 0 spiro atoms. The van der Waals surface area contributed by atoms with Crippen LogP contribution in [0.4, 0.5) is 5.69 Å². The van der Waals surface area contributed by atoms with Gasteiger partial charge in [-0.05, 0) is 38.0 Å². The van der Waals surface area contributed by atoms with Crippen LogP contribution < -0.4 is 10.1 Å². The molecule has 9 nitrogen and oxygen atoms in total. The van der Waals surface area contributed by atoms with Gasteiger partial charge >= 0.3 is 0 Å². The van der Waals surface area contributed by atoms with Crippen LogP contribution in [0.1, 0.15) is 25.7 Å². The zero-order valence-electron chi connectivity index (χ0n) is 17.8. The lowest BCUT2D eigenvalue weighted by molar-refractivity contribution is -0.120. The van der Waals surface area contributed by atoms with E-state index in [1.807, 2.05) is 19.1 Å². The maximum atomic E-state index is 13.2. The van der Waals surface area contributed by atoms with Crippen LogP contribution in [0, 0.1) is 12.8 Å². The molecule has 0 radical (unpaired) electrons. The number of carbonyl (C=O) groups excluding carboxylic acids is 1. The molecule has 0 unspecified atom stereocenters. The Morgan fingerprint density at radius 3 is 2.94 bits per heavy atom. The maximum Gasteiger partial charge on any atom is 0.252 e. The first-order valence-electron chi connectivity index (χ1n) is 10.3. The predicted octanol–water partition coefficient (Wildman–Crippen LogP) is 3.54. The smallest absolute Gasteiger partial charge is 0.252 e. The fourth-order valence-electron chi connectivity index (χ4n) is 3.57. The van der Waals surface area contributed by atoms with E-state index in [-0.39, 0.29) is 16.7 Å². The van der Waals surface area contributed by atoms with Gasteiger partial charge in [0.15, 0.2) is 0 Å². The number of hydrogen-bond acceptors (Lipinski definition) is 8. The van der Waals surface area contributed by atoms with Crippen molar-refractivity contribution in [1.82, 2.24) is 14.4 Å². The summed E-state index contributed by atoms with van der Waals surface area (Å²) in [6.07, 6.45) is 1.22. The molecule has 1 N–H and O–H groups in total. The number of nitrogens with zero attached hydrogens (tertiary/aromatic N) is 3. The molecule has 1 atom stereocenters. The number of piperidine rings is 1. The number of rotatable bonds is 7. The Morgan fingerprint density at radius 1 is 1.38 bits per heavy atom. The quantitative estimate of drug-likeness (QED) is 0.555. The van der Waals surface area contributed by atoms with E-state index < -0.39 is 15.9 Å². The number of thiophene rings is 1. The summed E-state index contributed by atoms with van der Waals surface area (Å²) in [5.74, 6) is 0.681. The highest BCUT2D eigenvalue weighted by Crippen LogP contribution is 2.32. The molecule has 1 aliphatic rings. The summed E-state index contributed by atoms with van der Waals surface area (Å²) in [7, 11) is -3.74. The number of nitrogens with one attached hydrogen (secondary N) is 1. The van der Waals surface area contributed by atoms with Crippen molar-refractivity contribution in [2.45, 2.75) is 30.9 Å². The molecule has 32 heavy (non-hydrogen) atoms. The summed E-state index contributed by atoms with van der Waals surface area (Å²) in [5, 5.41) is 8.42. The third-order valence-electron chi connectivity index (χ3n) is 5.16. The molecule has 1 amide bonds. The number of benzene rings is 1. The van der Waals surface area contributed by atoms with Crippen molar-refractivity contribution in [3.63, 3.8) is 0 Å². The van der Waals surface area contributed by atoms with Gasteiger partial charge in [-0.15, -0.1) is 11.3 Å². The molecule has 1 fully saturated rings. The van der Waals surface area contributed by atoms with Crippen LogP contribution >= 0.6 is 11.3 Å². The van der Waals surface area contributed by atoms with Gasteiger partial charge < -0.3 is 14.6 Å². The molecule has 0 aliphatic carbocycles. The first kappa shape index (κ1) is 22.4. The highest BCUT2D eigenvalue weighted by atomic mass is 32.2. The Morgan fingerprint density at radius 2 is 2.19 bits per heavy atom. The second-order valence-electron chi connectivity index (χ2n) is 7.41. The molecule has 0 bridgehead atoms. The fraction of sp³-hybridized carbons (Fsp3) is 0.381. The van der Waals surface area contributed by atoms with Crippen LogP contribution in [0.2, 0.25) is 0 Å². The SMILES string of the molecule is CCOc1ccccc1NC(=O)[C@@H]1CCCN(S(=O)(=O)c2cc(-c3noc(C)n3)cs2)C1. The van der Waals surface area contributed by atoms with Crippen LogP contribution in [0.5, 0.6) is 5.75 Å². The third kappa shape index (κ3) is 4.69. The lowest BCUT2D eigenvalue weighted by Gasteiger charge is -2.30. The van der Waals surface area contributed by atoms with Gasteiger partial charge in [0.2, 0.25) is 17.6 Å². The molecule has 1 aliphatic heterocycles. The lowest BCUT2D eigenvalue weighted by Crippen LogP contribution is -2.43. The van der Waals surface area contributed by atoms with E-state index in [4.69, 9.17) is 9.26 Å². The molecule has 3 aromatic rings. The molecule has 1 saturated heterocycles. The van der Waals surface area contributed by atoms with Crippen LogP contribution in [0.3, 0.4) is 0 Å². The minimum atomic E-state index is -3.74. The summed E-state index contributed by atoms with van der Waals surface area (Å²) in [5.41, 5.74) is 1.17. The molecular weight excluding hydrogens is 452 g/mol. The minimum Gasteiger partial charge on any atom is -0.492 e. The van der Waals surface area contributed by atoms with Crippen LogP contribution in [0.25, 0.3) is 11.4 Å². The molecule has 1 aromatic carbocycles. The molecule has 11 heteroatoms. The van der Waals surface area contributed by atoms with Gasteiger partial charge in [-0.25, -0.2) is 8.42 Å². The van der Waals surface area contributed by atoms with Gasteiger partial charge in [0.05, 0.1) is 18.2 Å². The van der Waals surface area contributed by atoms with E-state index in [0.29, 0.717) is 54.7 Å². The number of carbonyl (C=O) groups is 1. The second kappa shape index (κ2) is 9.39. The number of aryl methyl sites for hydroxylation is 1. The highest BCUT2D eigenvalue weighted by Gasteiger charge is 2.34. The number of ether oxygens (including phenoxy) is 1. The molecule has 3 heterocycles. The number of sulfonamides is 1. The first-order chi connectivity index (χ1) is 15.4. The fourth-order valence-corrected chi connectivity index (χ4v) is 6.41. The monoisotopic (exact) mass is 476 g/mol. The van der Waals surface area contributed by atoms with Crippen molar-refractivity contribution in [1.29, 1.82) is 0 Å². The molecule has 4 rings (SSSR count). The van der Waals surface area contributed by atoms with Crippen molar-refractivity contribution in [2.24, 2.45) is 5.92 Å². The average Bonchev–Trinajstić information content (AvgIpc) is 3.45. The number of anilines is 1. The summed E-state index contributed by atoms with van der Waals surface area (Å²) in [6.45, 7) is 4.52. The van der Waals surface area contributed by atoms with Crippen molar-refractivity contribution >= 4 is 33.0 Å². The van der Waals surface area contributed by atoms with Crippen molar-refractivity contribution in [3.8, 4) is 17.1 Å². The van der Waals surface area contributed by atoms with Crippen LogP contribution in [-0.4, -0.2) is 48.5 Å². The Balaban J connectivity index is 1.47. The largest absolute Gasteiger partial charge is 0.492 e. The predicted molar refractivity (Wildman–Crippen MR) is 120 cm³/mol. The maximum absolute atomic E-state index is 13.2. The van der Waals surface area contributed by atoms with E-state index in [9.17, 15) is 13.2 Å². The Kier molecular flexibility index (Phi) is 6.58. The highest BCUT2D eigenvalue weighted by molar-refractivity contribution is 7.91. The molecular formula is C21H24N4O5S2. The number of hydrogen-bond donors (Lipinski definition) is 1. The number of amides is 1. The summed E-state index contributed by atoms with van der Waals surface area (Å²) in [4.78, 5) is 17.1. The summed E-state index contributed by atoms with van der Waals surface area (Å²) in [6, 6.07) is 8.76. The zero-order valence-corrected chi connectivity index (χ0v) is 19.4. The molecule has 0 saturated carbocycles. The van der Waals surface area contributed by atoms with E-state index in [1.54, 1.807) is 30.5 Å². The topological polar surface area (TPSA) is 115 Å². The van der Waals surface area contributed by atoms with Crippen LogP contribution in [0.15, 0.2) is 44.4 Å². The normalized spacial score (nSPS) is 17.2.